The van der Waals surface area contributed by atoms with Gasteiger partial charge in [0.05, 0.1) is 19.2 Å². The minimum Gasteiger partial charge on any atom is -0.237 e. The lowest BCUT2D eigenvalue weighted by atomic mass is 10.2. The molecule has 0 spiro atoms. The van der Waals surface area contributed by atoms with Crippen LogP contribution in [0.5, 0.6) is 0 Å². The highest BCUT2D eigenvalue weighted by Gasteiger charge is 2.02. The first kappa shape index (κ1) is 11.8. The summed E-state index contributed by atoms with van der Waals surface area (Å²) in [5.41, 5.74) is 0. The van der Waals surface area contributed by atoms with Gasteiger partial charge < -0.3 is 0 Å². The molecule has 0 atom stereocenters. The topological polar surface area (TPSA) is 32.6 Å². The highest BCUT2D eigenvalue weighted by atomic mass is 15.1. The van der Waals surface area contributed by atoms with Crippen molar-refractivity contribution in [1.82, 2.24) is 4.57 Å². The van der Waals surface area contributed by atoms with Gasteiger partial charge in [0.1, 0.15) is 12.4 Å². The Bertz CT molecular complexity index is 309. The second-order valence-corrected chi connectivity index (χ2v) is 3.86. The third-order valence-electron chi connectivity index (χ3n) is 2.47. The van der Waals surface area contributed by atoms with Crippen molar-refractivity contribution in [3.8, 4) is 6.07 Å². The molecule has 0 aliphatic rings. The average molecular weight is 206 g/mol. The molecule has 0 fully saturated rings. The van der Waals surface area contributed by atoms with E-state index in [0.29, 0.717) is 6.42 Å². The summed E-state index contributed by atoms with van der Waals surface area (Å²) in [5, 5.41) is 8.40. The van der Waals surface area contributed by atoms with Gasteiger partial charge >= 0.3 is 0 Å². The largest absolute Gasteiger partial charge is 0.243 e. The lowest BCUT2D eigenvalue weighted by molar-refractivity contribution is -0.696. The van der Waals surface area contributed by atoms with E-state index < -0.39 is 0 Å². The van der Waals surface area contributed by atoms with Gasteiger partial charge in [0.15, 0.2) is 0 Å². The van der Waals surface area contributed by atoms with Crippen LogP contribution in [-0.4, -0.2) is 4.57 Å². The molecule has 0 radical (unpaired) electrons. The quantitative estimate of drug-likeness (QED) is 0.497. The van der Waals surface area contributed by atoms with E-state index in [1.54, 1.807) is 0 Å². The van der Waals surface area contributed by atoms with E-state index in [1.807, 2.05) is 0 Å². The van der Waals surface area contributed by atoms with E-state index in [9.17, 15) is 0 Å². The van der Waals surface area contributed by atoms with Gasteiger partial charge in [-0.2, -0.15) is 5.26 Å². The highest BCUT2D eigenvalue weighted by Crippen LogP contribution is 1.95. The average Bonchev–Trinajstić information content (AvgIpc) is 2.69. The number of nitrogens with zero attached hydrogens (tertiary/aromatic N) is 3. The molecule has 1 heterocycles. The molecule has 15 heavy (non-hydrogen) atoms. The summed E-state index contributed by atoms with van der Waals surface area (Å²) in [6.07, 6.45) is 11.6. The molecule has 1 aromatic rings. The van der Waals surface area contributed by atoms with Crippen LogP contribution in [0.1, 0.15) is 39.0 Å². The molecule has 0 aliphatic heterocycles. The summed E-state index contributed by atoms with van der Waals surface area (Å²) in [4.78, 5) is 0. The lowest BCUT2D eigenvalue weighted by Crippen LogP contribution is -2.30. The third-order valence-corrected chi connectivity index (χ3v) is 2.47. The molecule has 3 nitrogen and oxygen atoms in total. The Balaban J connectivity index is 2.24. The molecule has 0 bridgehead atoms. The summed E-state index contributed by atoms with van der Waals surface area (Å²) in [6.45, 7) is 4.35. The molecular weight excluding hydrogens is 186 g/mol. The number of aromatic nitrogens is 2. The minimum atomic E-state index is 0.678. The monoisotopic (exact) mass is 206 g/mol. The number of imidazole rings is 1. The Morgan fingerprint density at radius 1 is 1.33 bits per heavy atom. The molecule has 0 amide bonds. The molecule has 0 aliphatic carbocycles. The first-order valence-electron chi connectivity index (χ1n) is 5.78. The fourth-order valence-corrected chi connectivity index (χ4v) is 1.54. The Hall–Kier alpha value is -1.30. The summed E-state index contributed by atoms with van der Waals surface area (Å²) in [7, 11) is 0. The van der Waals surface area contributed by atoms with Crippen molar-refractivity contribution in [2.75, 3.05) is 0 Å². The zero-order valence-corrected chi connectivity index (χ0v) is 9.52. The van der Waals surface area contributed by atoms with Gasteiger partial charge in [-0.05, 0) is 19.3 Å². The Kier molecular flexibility index (Phi) is 5.54. The summed E-state index contributed by atoms with van der Waals surface area (Å²) < 4.78 is 4.43. The Labute approximate surface area is 92.0 Å². The van der Waals surface area contributed by atoms with Crippen LogP contribution < -0.4 is 4.57 Å². The maximum atomic E-state index is 8.40. The van der Waals surface area contributed by atoms with Crippen molar-refractivity contribution in [2.24, 2.45) is 0 Å². The Morgan fingerprint density at radius 2 is 2.20 bits per heavy atom. The summed E-state index contributed by atoms with van der Waals surface area (Å²) in [6, 6.07) is 2.17. The lowest BCUT2D eigenvalue weighted by Gasteiger charge is -1.94. The number of hydrogen-bond acceptors (Lipinski definition) is 1. The van der Waals surface area contributed by atoms with Crippen LogP contribution in [0.4, 0.5) is 0 Å². The second-order valence-electron chi connectivity index (χ2n) is 3.86. The van der Waals surface area contributed by atoms with E-state index in [-0.39, 0.29) is 0 Å². The van der Waals surface area contributed by atoms with Gasteiger partial charge in [-0.25, -0.2) is 9.13 Å². The van der Waals surface area contributed by atoms with Crippen molar-refractivity contribution < 1.29 is 4.57 Å². The normalized spacial score (nSPS) is 10.1. The van der Waals surface area contributed by atoms with E-state index in [1.165, 1.54) is 12.8 Å². The van der Waals surface area contributed by atoms with Crippen molar-refractivity contribution in [2.45, 2.75) is 52.1 Å². The Morgan fingerprint density at radius 3 is 2.93 bits per heavy atom. The number of hydrogen-bond donors (Lipinski definition) is 0. The maximum absolute atomic E-state index is 8.40. The van der Waals surface area contributed by atoms with Crippen molar-refractivity contribution in [3.05, 3.63) is 18.7 Å². The van der Waals surface area contributed by atoms with Crippen LogP contribution in [0.15, 0.2) is 18.7 Å². The number of aryl methyl sites for hydroxylation is 2. The fraction of sp³-hybridized carbons (Fsp3) is 0.667. The predicted molar refractivity (Wildman–Crippen MR) is 59.0 cm³/mol. The van der Waals surface area contributed by atoms with Gasteiger partial charge in [-0.15, -0.1) is 0 Å². The second kappa shape index (κ2) is 7.05. The first-order chi connectivity index (χ1) is 7.36. The number of unbranched alkanes of at least 4 members (excludes halogenated alkanes) is 3. The molecule has 0 aromatic carbocycles. The van der Waals surface area contributed by atoms with Crippen molar-refractivity contribution in [1.29, 1.82) is 5.26 Å². The highest BCUT2D eigenvalue weighted by molar-refractivity contribution is 4.68. The van der Waals surface area contributed by atoms with E-state index in [4.69, 9.17) is 5.26 Å². The first-order valence-corrected chi connectivity index (χ1v) is 5.78. The minimum absolute atomic E-state index is 0.678. The molecule has 0 saturated carbocycles. The van der Waals surface area contributed by atoms with Crippen LogP contribution in [0.25, 0.3) is 0 Å². The van der Waals surface area contributed by atoms with E-state index in [2.05, 4.69) is 40.8 Å². The van der Waals surface area contributed by atoms with Gasteiger partial charge in [-0.3, -0.25) is 0 Å². The van der Waals surface area contributed by atoms with Gasteiger partial charge in [0.2, 0.25) is 6.33 Å². The molecule has 0 saturated heterocycles. The van der Waals surface area contributed by atoms with Gasteiger partial charge in [0.25, 0.3) is 0 Å². The maximum Gasteiger partial charge on any atom is 0.243 e. The SMILES string of the molecule is CCCCn1cc[n+](CCCCC#N)c1. The van der Waals surface area contributed by atoms with Crippen molar-refractivity contribution in [3.63, 3.8) is 0 Å². The third kappa shape index (κ3) is 4.64. The molecule has 82 valence electrons. The van der Waals surface area contributed by atoms with Crippen LogP contribution in [0.2, 0.25) is 0 Å². The zero-order chi connectivity index (χ0) is 10.9. The predicted octanol–water partition coefficient (Wildman–Crippen LogP) is 2.27. The zero-order valence-electron chi connectivity index (χ0n) is 9.52. The van der Waals surface area contributed by atoms with E-state index >= 15 is 0 Å². The summed E-state index contributed by atoms with van der Waals surface area (Å²) in [5.74, 6) is 0. The molecule has 1 rings (SSSR count). The standard InChI is InChI=1S/C12H20N3/c1-2-3-8-14-10-11-15(12-14)9-6-4-5-7-13/h10-12H,2-6,8-9H2,1H3/q+1. The van der Waals surface area contributed by atoms with Crippen LogP contribution in [0, 0.1) is 11.3 Å². The molecule has 0 unspecified atom stereocenters. The smallest absolute Gasteiger partial charge is 0.237 e. The number of rotatable bonds is 7. The van der Waals surface area contributed by atoms with Crippen LogP contribution >= 0.6 is 0 Å². The summed E-state index contributed by atoms with van der Waals surface area (Å²) >= 11 is 0. The van der Waals surface area contributed by atoms with Crippen LogP contribution in [0.3, 0.4) is 0 Å². The van der Waals surface area contributed by atoms with Gasteiger partial charge in [-0.1, -0.05) is 13.3 Å². The molecule has 0 N–H and O–H groups in total. The fourth-order valence-electron chi connectivity index (χ4n) is 1.54. The van der Waals surface area contributed by atoms with Gasteiger partial charge in [0, 0.05) is 6.42 Å². The number of nitriles is 1. The van der Waals surface area contributed by atoms with Crippen LogP contribution in [-0.2, 0) is 13.1 Å². The van der Waals surface area contributed by atoms with E-state index in [0.717, 1.165) is 25.9 Å². The molecular formula is C12H20N3+. The molecule has 3 heteroatoms. The molecule has 1 aromatic heterocycles. The van der Waals surface area contributed by atoms with Crippen molar-refractivity contribution >= 4 is 0 Å².